The molecule has 2 heterocycles. The molecule has 0 aromatic carbocycles. The Balaban J connectivity index is 2.09. The highest BCUT2D eigenvalue weighted by molar-refractivity contribution is 8.01. The van der Waals surface area contributed by atoms with Crippen LogP contribution in [0.2, 0.25) is 0 Å². The second-order valence-corrected chi connectivity index (χ2v) is 8.20. The highest BCUT2D eigenvalue weighted by Gasteiger charge is 2.31. The first kappa shape index (κ1) is 14.6. The summed E-state index contributed by atoms with van der Waals surface area (Å²) in [6, 6.07) is 2.86. The maximum absolute atomic E-state index is 12.2. The molecule has 0 amide bonds. The molecule has 1 atom stereocenters. The molecule has 1 aliphatic rings. The number of nitrogens with one attached hydrogen (secondary N) is 2. The van der Waals surface area contributed by atoms with E-state index >= 15 is 0 Å². The van der Waals surface area contributed by atoms with Crippen molar-refractivity contribution in [3.63, 3.8) is 0 Å². The van der Waals surface area contributed by atoms with Crippen LogP contribution in [-0.2, 0) is 10.0 Å². The van der Waals surface area contributed by atoms with Crippen LogP contribution in [0.4, 0.5) is 5.82 Å². The molecule has 6 nitrogen and oxygen atoms in total. The van der Waals surface area contributed by atoms with E-state index in [0.29, 0.717) is 12.4 Å². The zero-order chi connectivity index (χ0) is 13.9. The van der Waals surface area contributed by atoms with Gasteiger partial charge >= 0.3 is 0 Å². The zero-order valence-electron chi connectivity index (χ0n) is 10.7. The molecule has 1 aromatic rings. The van der Waals surface area contributed by atoms with E-state index in [1.54, 1.807) is 0 Å². The van der Waals surface area contributed by atoms with E-state index in [0.717, 1.165) is 18.6 Å². The lowest BCUT2D eigenvalue weighted by Crippen LogP contribution is -2.36. The normalized spacial score (nSPS) is 23.5. The van der Waals surface area contributed by atoms with Gasteiger partial charge < -0.3 is 5.43 Å². The molecule has 0 radical (unpaired) electrons. The Morgan fingerprint density at radius 3 is 3.00 bits per heavy atom. The third-order valence-electron chi connectivity index (χ3n) is 3.13. The van der Waals surface area contributed by atoms with Gasteiger partial charge in [0.1, 0.15) is 5.82 Å². The van der Waals surface area contributed by atoms with Gasteiger partial charge in [-0.3, -0.25) is 0 Å². The number of anilines is 1. The van der Waals surface area contributed by atoms with Crippen LogP contribution in [0.25, 0.3) is 0 Å². The number of nitrogen functional groups attached to an aromatic ring is 1. The number of sulfonamides is 1. The monoisotopic (exact) mass is 302 g/mol. The van der Waals surface area contributed by atoms with Gasteiger partial charge in [-0.05, 0) is 31.6 Å². The van der Waals surface area contributed by atoms with Crippen LogP contribution in [0.15, 0.2) is 23.2 Å². The van der Waals surface area contributed by atoms with Crippen molar-refractivity contribution >= 4 is 27.6 Å². The highest BCUT2D eigenvalue weighted by atomic mass is 32.2. The summed E-state index contributed by atoms with van der Waals surface area (Å²) in [5.41, 5.74) is 2.34. The fraction of sp³-hybridized carbons (Fsp3) is 0.545. The number of aromatic nitrogens is 1. The van der Waals surface area contributed by atoms with Gasteiger partial charge in [0, 0.05) is 23.6 Å². The molecule has 0 saturated carbocycles. The summed E-state index contributed by atoms with van der Waals surface area (Å²) in [5, 5.41) is 0. The first-order valence-corrected chi connectivity index (χ1v) is 8.48. The number of thioether (sulfide) groups is 1. The molecule has 1 aliphatic heterocycles. The maximum atomic E-state index is 12.2. The second-order valence-electron chi connectivity index (χ2n) is 4.75. The Kier molecular flexibility index (Phi) is 4.34. The van der Waals surface area contributed by atoms with E-state index in [1.165, 1.54) is 18.3 Å². The van der Waals surface area contributed by atoms with Crippen LogP contribution in [0, 0.1) is 0 Å². The SMILES string of the molecule is CC1(CNS(=O)(=O)c2ccnc(NN)c2)CCCS1. The van der Waals surface area contributed by atoms with Crippen molar-refractivity contribution in [3.8, 4) is 0 Å². The average Bonchev–Trinajstić information content (AvgIpc) is 2.84. The maximum Gasteiger partial charge on any atom is 0.240 e. The third-order valence-corrected chi connectivity index (χ3v) is 6.06. The minimum Gasteiger partial charge on any atom is -0.308 e. The van der Waals surface area contributed by atoms with E-state index in [2.05, 4.69) is 22.1 Å². The van der Waals surface area contributed by atoms with Crippen LogP contribution in [0.5, 0.6) is 0 Å². The van der Waals surface area contributed by atoms with Crippen molar-refractivity contribution in [2.24, 2.45) is 5.84 Å². The lowest BCUT2D eigenvalue weighted by molar-refractivity contribution is 0.552. The van der Waals surface area contributed by atoms with Crippen LogP contribution >= 0.6 is 11.8 Å². The molecule has 0 aliphatic carbocycles. The third kappa shape index (κ3) is 3.59. The van der Waals surface area contributed by atoms with Gasteiger partial charge in [-0.15, -0.1) is 0 Å². The molecule has 2 rings (SSSR count). The van der Waals surface area contributed by atoms with Gasteiger partial charge in [0.2, 0.25) is 10.0 Å². The second kappa shape index (κ2) is 5.66. The molecule has 1 unspecified atom stereocenters. The molecule has 1 fully saturated rings. The fourth-order valence-corrected chi connectivity index (χ4v) is 4.48. The lowest BCUT2D eigenvalue weighted by Gasteiger charge is -2.22. The predicted octanol–water partition coefficient (Wildman–Crippen LogP) is 0.931. The Morgan fingerprint density at radius 1 is 1.58 bits per heavy atom. The van der Waals surface area contributed by atoms with Gasteiger partial charge in [0.05, 0.1) is 4.90 Å². The molecule has 4 N–H and O–H groups in total. The highest BCUT2D eigenvalue weighted by Crippen LogP contribution is 2.37. The molecule has 106 valence electrons. The van der Waals surface area contributed by atoms with E-state index in [4.69, 9.17) is 5.84 Å². The number of nitrogens with zero attached hydrogens (tertiary/aromatic N) is 1. The van der Waals surface area contributed by atoms with Crippen molar-refractivity contribution in [1.29, 1.82) is 0 Å². The van der Waals surface area contributed by atoms with Crippen molar-refractivity contribution < 1.29 is 8.42 Å². The zero-order valence-corrected chi connectivity index (χ0v) is 12.4. The standard InChI is InChI=1S/C11H18N4O2S2/c1-11(4-2-6-18-11)8-14-19(16,17)9-3-5-13-10(7-9)15-12/h3,5,7,14H,2,4,6,8,12H2,1H3,(H,13,15). The van der Waals surface area contributed by atoms with Gasteiger partial charge in [-0.25, -0.2) is 24.0 Å². The molecule has 8 heteroatoms. The largest absolute Gasteiger partial charge is 0.308 e. The molecule has 19 heavy (non-hydrogen) atoms. The molecular formula is C11H18N4O2S2. The summed E-state index contributed by atoms with van der Waals surface area (Å²) in [4.78, 5) is 4.06. The van der Waals surface area contributed by atoms with Crippen molar-refractivity contribution in [3.05, 3.63) is 18.3 Å². The smallest absolute Gasteiger partial charge is 0.240 e. The molecule has 0 bridgehead atoms. The molecule has 1 saturated heterocycles. The number of hydrogen-bond donors (Lipinski definition) is 3. The van der Waals surface area contributed by atoms with E-state index < -0.39 is 10.0 Å². The quantitative estimate of drug-likeness (QED) is 0.553. The minimum atomic E-state index is -3.52. The first-order valence-electron chi connectivity index (χ1n) is 6.01. The lowest BCUT2D eigenvalue weighted by atomic mass is 10.1. The Bertz CT molecular complexity index is 541. The predicted molar refractivity (Wildman–Crippen MR) is 77.3 cm³/mol. The van der Waals surface area contributed by atoms with E-state index in [9.17, 15) is 8.42 Å². The number of pyridine rings is 1. The van der Waals surface area contributed by atoms with Crippen molar-refractivity contribution in [1.82, 2.24) is 9.71 Å². The van der Waals surface area contributed by atoms with Crippen LogP contribution < -0.4 is 16.0 Å². The summed E-state index contributed by atoms with van der Waals surface area (Å²) in [6.45, 7) is 2.53. The molecular weight excluding hydrogens is 284 g/mol. The van der Waals surface area contributed by atoms with Crippen LogP contribution in [0.3, 0.4) is 0 Å². The topological polar surface area (TPSA) is 97.1 Å². The Hall–Kier alpha value is -0.830. The van der Waals surface area contributed by atoms with Crippen LogP contribution in [-0.4, -0.2) is 30.4 Å². The Labute approximate surface area is 117 Å². The fourth-order valence-electron chi connectivity index (χ4n) is 1.96. The molecule has 1 aromatic heterocycles. The summed E-state index contributed by atoms with van der Waals surface area (Å²) in [7, 11) is -3.52. The van der Waals surface area contributed by atoms with Gasteiger partial charge in [0.15, 0.2) is 0 Å². The number of rotatable bonds is 5. The number of nitrogens with two attached hydrogens (primary N) is 1. The first-order chi connectivity index (χ1) is 8.95. The summed E-state index contributed by atoms with van der Waals surface area (Å²) in [6.07, 6.45) is 3.58. The van der Waals surface area contributed by atoms with Gasteiger partial charge in [-0.1, -0.05) is 0 Å². The van der Waals surface area contributed by atoms with Crippen LogP contribution in [0.1, 0.15) is 19.8 Å². The number of hydrogen-bond acceptors (Lipinski definition) is 6. The van der Waals surface area contributed by atoms with Gasteiger partial charge in [-0.2, -0.15) is 11.8 Å². The summed E-state index contributed by atoms with van der Waals surface area (Å²) in [5.74, 6) is 6.64. The summed E-state index contributed by atoms with van der Waals surface area (Å²) < 4.78 is 27.0. The Morgan fingerprint density at radius 2 is 2.37 bits per heavy atom. The number of hydrazine groups is 1. The van der Waals surface area contributed by atoms with Crippen molar-refractivity contribution in [2.45, 2.75) is 29.4 Å². The summed E-state index contributed by atoms with van der Waals surface area (Å²) >= 11 is 1.82. The molecule has 0 spiro atoms. The van der Waals surface area contributed by atoms with Crippen molar-refractivity contribution in [2.75, 3.05) is 17.7 Å². The van der Waals surface area contributed by atoms with Gasteiger partial charge in [0.25, 0.3) is 0 Å². The van der Waals surface area contributed by atoms with E-state index in [1.807, 2.05) is 11.8 Å². The average molecular weight is 302 g/mol. The minimum absolute atomic E-state index is 0.00491. The van der Waals surface area contributed by atoms with E-state index in [-0.39, 0.29) is 9.64 Å².